The number of fused-ring (bicyclic) bond motifs is 1. The van der Waals surface area contributed by atoms with E-state index in [1.165, 1.54) is 16.6 Å². The summed E-state index contributed by atoms with van der Waals surface area (Å²) in [5, 5.41) is 4.77. The van der Waals surface area contributed by atoms with E-state index in [0.29, 0.717) is 11.7 Å². The Hall–Kier alpha value is -3.18. The van der Waals surface area contributed by atoms with E-state index in [9.17, 15) is 0 Å². The SMILES string of the molecule is Nc1ccc(-c2c(C3CCNCC3)c3ccncc3n2-c2ccccc2)cn1. The lowest BCUT2D eigenvalue weighted by Gasteiger charge is -2.24. The normalized spacial score (nSPS) is 15.1. The molecule has 0 amide bonds. The Labute approximate surface area is 164 Å². The van der Waals surface area contributed by atoms with Crippen molar-refractivity contribution < 1.29 is 0 Å². The van der Waals surface area contributed by atoms with Crippen LogP contribution in [0.15, 0.2) is 67.1 Å². The van der Waals surface area contributed by atoms with Crippen molar-refractivity contribution in [1.29, 1.82) is 0 Å². The topological polar surface area (TPSA) is 68.8 Å². The summed E-state index contributed by atoms with van der Waals surface area (Å²) in [6.45, 7) is 2.10. The second-order valence-electron chi connectivity index (χ2n) is 7.32. The van der Waals surface area contributed by atoms with Gasteiger partial charge in [-0.2, -0.15) is 0 Å². The van der Waals surface area contributed by atoms with Gasteiger partial charge in [-0.05, 0) is 67.7 Å². The number of aromatic nitrogens is 3. The summed E-state index contributed by atoms with van der Waals surface area (Å²) >= 11 is 0. The zero-order valence-electron chi connectivity index (χ0n) is 15.7. The molecule has 1 saturated heterocycles. The molecule has 5 heteroatoms. The van der Waals surface area contributed by atoms with E-state index in [4.69, 9.17) is 5.73 Å². The van der Waals surface area contributed by atoms with Gasteiger partial charge >= 0.3 is 0 Å². The molecular formula is C23H23N5. The summed E-state index contributed by atoms with van der Waals surface area (Å²) in [6.07, 6.45) is 8.02. The number of nitrogens with zero attached hydrogens (tertiary/aromatic N) is 3. The minimum atomic E-state index is 0.503. The largest absolute Gasteiger partial charge is 0.384 e. The number of hydrogen-bond donors (Lipinski definition) is 2. The first-order valence-electron chi connectivity index (χ1n) is 9.79. The maximum atomic E-state index is 5.87. The third-order valence-corrected chi connectivity index (χ3v) is 5.63. The first-order chi connectivity index (χ1) is 13.8. The second-order valence-corrected chi connectivity index (χ2v) is 7.32. The molecule has 0 radical (unpaired) electrons. The van der Waals surface area contributed by atoms with Gasteiger partial charge in [-0.25, -0.2) is 4.98 Å². The highest BCUT2D eigenvalue weighted by atomic mass is 15.0. The molecule has 5 rings (SSSR count). The Morgan fingerprint density at radius 2 is 1.79 bits per heavy atom. The van der Waals surface area contributed by atoms with Gasteiger partial charge in [0, 0.05) is 29.0 Å². The maximum absolute atomic E-state index is 5.87. The standard InChI is InChI=1S/C23H23N5/c24-21-7-6-17(14-27-21)23-22(16-8-11-25-12-9-16)19-10-13-26-15-20(19)28(23)18-4-2-1-3-5-18/h1-7,10,13-16,25H,8-9,11-12H2,(H2,24,27). The lowest BCUT2D eigenvalue weighted by Crippen LogP contribution is -2.26. The van der Waals surface area contributed by atoms with Crippen LogP contribution < -0.4 is 11.1 Å². The number of pyridine rings is 2. The third-order valence-electron chi connectivity index (χ3n) is 5.63. The number of nitrogens with one attached hydrogen (secondary N) is 1. The highest BCUT2D eigenvalue weighted by Gasteiger charge is 2.27. The average Bonchev–Trinajstić information content (AvgIpc) is 3.11. The Morgan fingerprint density at radius 3 is 2.54 bits per heavy atom. The highest BCUT2D eigenvalue weighted by molar-refractivity contribution is 5.93. The minimum Gasteiger partial charge on any atom is -0.384 e. The number of benzene rings is 1. The van der Waals surface area contributed by atoms with Gasteiger partial charge in [0.15, 0.2) is 0 Å². The summed E-state index contributed by atoms with van der Waals surface area (Å²) in [7, 11) is 0. The van der Waals surface area contributed by atoms with Crippen molar-refractivity contribution in [3.05, 3.63) is 72.7 Å². The Bertz CT molecular complexity index is 1090. The Balaban J connectivity index is 1.86. The molecule has 3 N–H and O–H groups in total. The molecule has 140 valence electrons. The van der Waals surface area contributed by atoms with Gasteiger partial charge in [-0.1, -0.05) is 18.2 Å². The first-order valence-corrected chi connectivity index (χ1v) is 9.79. The number of nitrogen functional groups attached to an aromatic ring is 1. The van der Waals surface area contributed by atoms with Crippen LogP contribution >= 0.6 is 0 Å². The van der Waals surface area contributed by atoms with Gasteiger partial charge in [-0.3, -0.25) is 4.98 Å². The molecule has 3 aromatic heterocycles. The van der Waals surface area contributed by atoms with Crippen LogP contribution in [0.25, 0.3) is 27.8 Å². The van der Waals surface area contributed by atoms with E-state index in [1.807, 2.05) is 30.7 Å². The van der Waals surface area contributed by atoms with E-state index in [0.717, 1.165) is 42.7 Å². The molecule has 4 aromatic rings. The smallest absolute Gasteiger partial charge is 0.123 e. The molecule has 5 nitrogen and oxygen atoms in total. The lowest BCUT2D eigenvalue weighted by molar-refractivity contribution is 0.463. The zero-order chi connectivity index (χ0) is 18.9. The molecule has 1 aliphatic rings. The first kappa shape index (κ1) is 17.0. The maximum Gasteiger partial charge on any atom is 0.123 e. The highest BCUT2D eigenvalue weighted by Crippen LogP contribution is 2.42. The third kappa shape index (κ3) is 2.84. The predicted molar refractivity (Wildman–Crippen MR) is 114 cm³/mol. The fourth-order valence-electron chi connectivity index (χ4n) is 4.36. The Kier molecular flexibility index (Phi) is 4.29. The number of hydrogen-bond acceptors (Lipinski definition) is 4. The molecule has 0 atom stereocenters. The van der Waals surface area contributed by atoms with Crippen LogP contribution in [0.3, 0.4) is 0 Å². The van der Waals surface area contributed by atoms with Crippen LogP contribution in [-0.2, 0) is 0 Å². The van der Waals surface area contributed by atoms with E-state index < -0.39 is 0 Å². The molecule has 28 heavy (non-hydrogen) atoms. The van der Waals surface area contributed by atoms with E-state index in [2.05, 4.69) is 56.3 Å². The summed E-state index contributed by atoms with van der Waals surface area (Å²) in [4.78, 5) is 8.82. The van der Waals surface area contributed by atoms with E-state index >= 15 is 0 Å². The van der Waals surface area contributed by atoms with Crippen molar-refractivity contribution >= 4 is 16.7 Å². The van der Waals surface area contributed by atoms with Crippen LogP contribution in [0.5, 0.6) is 0 Å². The number of piperidine rings is 1. The molecule has 1 fully saturated rings. The summed E-state index contributed by atoms with van der Waals surface area (Å²) in [5.41, 5.74) is 11.8. The van der Waals surface area contributed by atoms with Crippen LogP contribution in [0.4, 0.5) is 5.82 Å². The van der Waals surface area contributed by atoms with Gasteiger partial charge in [0.1, 0.15) is 5.82 Å². The van der Waals surface area contributed by atoms with Gasteiger partial charge in [-0.15, -0.1) is 0 Å². The number of rotatable bonds is 3. The fourth-order valence-corrected chi connectivity index (χ4v) is 4.36. The number of anilines is 1. The number of para-hydroxylation sites is 1. The van der Waals surface area contributed by atoms with E-state index in [1.54, 1.807) is 0 Å². The quantitative estimate of drug-likeness (QED) is 0.570. The molecule has 0 bridgehead atoms. The van der Waals surface area contributed by atoms with Crippen molar-refractivity contribution in [1.82, 2.24) is 19.9 Å². The van der Waals surface area contributed by atoms with Gasteiger partial charge in [0.2, 0.25) is 0 Å². The molecule has 1 aromatic carbocycles. The summed E-state index contributed by atoms with van der Waals surface area (Å²) in [5.74, 6) is 1.04. The minimum absolute atomic E-state index is 0.503. The van der Waals surface area contributed by atoms with Crippen molar-refractivity contribution in [2.45, 2.75) is 18.8 Å². The predicted octanol–water partition coefficient (Wildman–Crippen LogP) is 4.14. The molecule has 1 aliphatic heterocycles. The molecule has 4 heterocycles. The van der Waals surface area contributed by atoms with Crippen LogP contribution in [-0.4, -0.2) is 27.6 Å². The Morgan fingerprint density at radius 1 is 0.964 bits per heavy atom. The molecule has 0 aliphatic carbocycles. The van der Waals surface area contributed by atoms with Gasteiger partial charge in [0.25, 0.3) is 0 Å². The zero-order valence-corrected chi connectivity index (χ0v) is 15.7. The molecule has 0 spiro atoms. The molecule has 0 unspecified atom stereocenters. The lowest BCUT2D eigenvalue weighted by atomic mass is 9.87. The summed E-state index contributed by atoms with van der Waals surface area (Å²) in [6, 6.07) is 16.6. The van der Waals surface area contributed by atoms with Crippen molar-refractivity contribution in [2.24, 2.45) is 0 Å². The van der Waals surface area contributed by atoms with Crippen molar-refractivity contribution in [3.8, 4) is 16.9 Å². The van der Waals surface area contributed by atoms with Crippen LogP contribution in [0, 0.1) is 0 Å². The van der Waals surface area contributed by atoms with Crippen LogP contribution in [0.2, 0.25) is 0 Å². The van der Waals surface area contributed by atoms with Gasteiger partial charge in [0.05, 0.1) is 17.4 Å². The number of nitrogens with two attached hydrogens (primary N) is 1. The van der Waals surface area contributed by atoms with E-state index in [-0.39, 0.29) is 0 Å². The monoisotopic (exact) mass is 369 g/mol. The van der Waals surface area contributed by atoms with Crippen LogP contribution in [0.1, 0.15) is 24.3 Å². The second kappa shape index (κ2) is 7.09. The van der Waals surface area contributed by atoms with Crippen molar-refractivity contribution in [3.63, 3.8) is 0 Å². The molecule has 0 saturated carbocycles. The average molecular weight is 369 g/mol. The van der Waals surface area contributed by atoms with Crippen molar-refractivity contribution in [2.75, 3.05) is 18.8 Å². The summed E-state index contributed by atoms with van der Waals surface area (Å²) < 4.78 is 2.33. The van der Waals surface area contributed by atoms with Gasteiger partial charge < -0.3 is 15.6 Å². The molecular weight excluding hydrogens is 346 g/mol. The fraction of sp³-hybridized carbons (Fsp3) is 0.217.